The van der Waals surface area contributed by atoms with Crippen molar-refractivity contribution in [3.8, 4) is 0 Å². The van der Waals surface area contributed by atoms with Gasteiger partial charge >= 0.3 is 5.97 Å². The average Bonchev–Trinajstić information content (AvgIpc) is 2.73. The molecule has 5 N–H and O–H groups in total. The Morgan fingerprint density at radius 1 is 1.23 bits per heavy atom. The van der Waals surface area contributed by atoms with Crippen LogP contribution in [0.5, 0.6) is 0 Å². The number of amidine groups is 1. The van der Waals surface area contributed by atoms with E-state index in [1.165, 1.54) is 19.1 Å². The predicted octanol–water partition coefficient (Wildman–Crippen LogP) is 1.95. The van der Waals surface area contributed by atoms with Gasteiger partial charge in [0.05, 0.1) is 11.1 Å². The highest BCUT2D eigenvalue weighted by Gasteiger charge is 2.32. The molecule has 2 atom stereocenters. The number of halogens is 2. The van der Waals surface area contributed by atoms with E-state index in [-0.39, 0.29) is 25.1 Å². The first kappa shape index (κ1) is 23.6. The Labute approximate surface area is 176 Å². The van der Waals surface area contributed by atoms with Crippen LogP contribution in [0.4, 0.5) is 8.78 Å². The van der Waals surface area contributed by atoms with Gasteiger partial charge in [0.1, 0.15) is 23.5 Å². The number of nitrogens with two attached hydrogens (primary N) is 1. The molecule has 164 valence electrons. The highest BCUT2D eigenvalue weighted by atomic mass is 19.1. The van der Waals surface area contributed by atoms with E-state index in [1.54, 1.807) is 12.1 Å². The Kier molecular flexibility index (Phi) is 7.92. The maximum atomic E-state index is 14.5. The lowest BCUT2D eigenvalue weighted by atomic mass is 10.0. The molecule has 0 radical (unpaired) electrons. The number of carbonyl (C=O) groups excluding carboxylic acids is 2. The van der Waals surface area contributed by atoms with Gasteiger partial charge in [-0.15, -0.1) is 0 Å². The van der Waals surface area contributed by atoms with Crippen LogP contribution >= 0.6 is 0 Å². The topological polar surface area (TPSA) is 143 Å². The van der Waals surface area contributed by atoms with Crippen LogP contribution in [-0.2, 0) is 20.7 Å². The summed E-state index contributed by atoms with van der Waals surface area (Å²) in [6.45, 7) is 1.39. The first-order valence-corrected chi connectivity index (χ1v) is 9.20. The quantitative estimate of drug-likeness (QED) is 0.256. The molecule has 8 nitrogen and oxygen atoms in total. The lowest BCUT2D eigenvalue weighted by molar-refractivity contribution is -0.144. The average molecular weight is 433 g/mol. The summed E-state index contributed by atoms with van der Waals surface area (Å²) in [5.41, 5.74) is 5.10. The Bertz CT molecular complexity index is 995. The fourth-order valence-corrected chi connectivity index (χ4v) is 2.88. The van der Waals surface area contributed by atoms with E-state index in [0.29, 0.717) is 11.1 Å². The highest BCUT2D eigenvalue weighted by Crippen LogP contribution is 2.26. The number of benzene rings is 2. The number of carboxylic acids is 1. The third-order valence-corrected chi connectivity index (χ3v) is 4.44. The zero-order valence-corrected chi connectivity index (χ0v) is 16.5. The van der Waals surface area contributed by atoms with Crippen molar-refractivity contribution in [2.24, 2.45) is 5.73 Å². The van der Waals surface area contributed by atoms with Gasteiger partial charge in [-0.1, -0.05) is 24.3 Å². The molecule has 0 fully saturated rings. The van der Waals surface area contributed by atoms with E-state index in [9.17, 15) is 28.3 Å². The second-order valence-corrected chi connectivity index (χ2v) is 6.53. The van der Waals surface area contributed by atoms with Crippen molar-refractivity contribution in [2.75, 3.05) is 6.61 Å². The zero-order valence-electron chi connectivity index (χ0n) is 16.5. The SMILES string of the molecule is CCOC(C(=O)NC(Cc1ccc(C(=N)N)cc1)C(=O)O)c1c(F)ccc(C=O)c1F. The maximum Gasteiger partial charge on any atom is 0.326 e. The molecule has 0 bridgehead atoms. The molecule has 31 heavy (non-hydrogen) atoms. The number of nitrogens with one attached hydrogen (secondary N) is 2. The van der Waals surface area contributed by atoms with E-state index in [2.05, 4.69) is 5.32 Å². The molecule has 2 aromatic carbocycles. The molecule has 2 unspecified atom stereocenters. The van der Waals surface area contributed by atoms with Gasteiger partial charge in [0.15, 0.2) is 12.4 Å². The minimum Gasteiger partial charge on any atom is -0.480 e. The van der Waals surface area contributed by atoms with Crippen LogP contribution in [0.3, 0.4) is 0 Å². The summed E-state index contributed by atoms with van der Waals surface area (Å²) in [5, 5.41) is 19.1. The van der Waals surface area contributed by atoms with E-state index < -0.39 is 46.8 Å². The van der Waals surface area contributed by atoms with E-state index in [0.717, 1.165) is 12.1 Å². The third kappa shape index (κ3) is 5.70. The van der Waals surface area contributed by atoms with Gasteiger partial charge in [0.25, 0.3) is 5.91 Å². The first-order chi connectivity index (χ1) is 14.7. The van der Waals surface area contributed by atoms with Crippen molar-refractivity contribution in [3.63, 3.8) is 0 Å². The number of aldehydes is 1. The molecule has 0 aliphatic rings. The molecule has 0 saturated carbocycles. The lowest BCUT2D eigenvalue weighted by Crippen LogP contribution is -2.45. The predicted molar refractivity (Wildman–Crippen MR) is 107 cm³/mol. The monoisotopic (exact) mass is 433 g/mol. The summed E-state index contributed by atoms with van der Waals surface area (Å²) in [6, 6.07) is 6.46. The minimum atomic E-state index is -1.80. The van der Waals surface area contributed by atoms with E-state index >= 15 is 0 Å². The Hall–Kier alpha value is -3.66. The van der Waals surface area contributed by atoms with Crippen molar-refractivity contribution in [1.82, 2.24) is 5.32 Å². The van der Waals surface area contributed by atoms with Gasteiger partial charge in [0, 0.05) is 18.6 Å². The van der Waals surface area contributed by atoms with E-state index in [4.69, 9.17) is 15.9 Å². The fourth-order valence-electron chi connectivity index (χ4n) is 2.88. The van der Waals surface area contributed by atoms with Gasteiger partial charge in [-0.25, -0.2) is 13.6 Å². The smallest absolute Gasteiger partial charge is 0.326 e. The second kappa shape index (κ2) is 10.4. The largest absolute Gasteiger partial charge is 0.480 e. The summed E-state index contributed by atoms with van der Waals surface area (Å²) in [6.07, 6.45) is -1.77. The molecule has 2 aromatic rings. The molecular weight excluding hydrogens is 412 g/mol. The zero-order chi connectivity index (χ0) is 23.1. The minimum absolute atomic E-state index is 0.105. The normalized spacial score (nSPS) is 12.6. The second-order valence-electron chi connectivity index (χ2n) is 6.53. The van der Waals surface area contributed by atoms with Gasteiger partial charge in [-0.3, -0.25) is 15.0 Å². The molecular formula is C21H21F2N3O5. The highest BCUT2D eigenvalue weighted by molar-refractivity contribution is 5.95. The Balaban J connectivity index is 2.29. The molecule has 0 saturated heterocycles. The summed E-state index contributed by atoms with van der Waals surface area (Å²) >= 11 is 0. The van der Waals surface area contributed by atoms with Crippen molar-refractivity contribution >= 4 is 24.0 Å². The van der Waals surface area contributed by atoms with Crippen LogP contribution in [0, 0.1) is 17.0 Å². The first-order valence-electron chi connectivity index (χ1n) is 9.20. The van der Waals surface area contributed by atoms with Crippen LogP contribution in [0.1, 0.15) is 40.1 Å². The van der Waals surface area contributed by atoms with Crippen molar-refractivity contribution in [2.45, 2.75) is 25.5 Å². The van der Waals surface area contributed by atoms with Crippen molar-refractivity contribution in [3.05, 3.63) is 70.3 Å². The molecule has 0 aromatic heterocycles. The summed E-state index contributed by atoms with van der Waals surface area (Å²) in [7, 11) is 0. The summed E-state index contributed by atoms with van der Waals surface area (Å²) in [4.78, 5) is 35.4. The fraction of sp³-hybridized carbons (Fsp3) is 0.238. The molecule has 0 aliphatic carbocycles. The van der Waals surface area contributed by atoms with Gasteiger partial charge < -0.3 is 20.9 Å². The van der Waals surface area contributed by atoms with Gasteiger partial charge in [-0.05, 0) is 24.6 Å². The molecule has 0 heterocycles. The molecule has 2 rings (SSSR count). The summed E-state index contributed by atoms with van der Waals surface area (Å²) in [5.74, 6) is -4.97. The number of carbonyl (C=O) groups is 3. The number of ether oxygens (including phenoxy) is 1. The number of amides is 1. The lowest BCUT2D eigenvalue weighted by Gasteiger charge is -2.22. The summed E-state index contributed by atoms with van der Waals surface area (Å²) < 4.78 is 34.0. The van der Waals surface area contributed by atoms with Crippen LogP contribution in [0.25, 0.3) is 0 Å². The molecule has 0 aliphatic heterocycles. The molecule has 0 spiro atoms. The third-order valence-electron chi connectivity index (χ3n) is 4.44. The van der Waals surface area contributed by atoms with Crippen LogP contribution in [0.15, 0.2) is 36.4 Å². The van der Waals surface area contributed by atoms with Crippen LogP contribution in [-0.4, -0.2) is 41.8 Å². The van der Waals surface area contributed by atoms with Crippen LogP contribution in [0.2, 0.25) is 0 Å². The van der Waals surface area contributed by atoms with E-state index in [1.807, 2.05) is 0 Å². The Morgan fingerprint density at radius 2 is 1.87 bits per heavy atom. The maximum absolute atomic E-state index is 14.5. The number of hydrogen-bond donors (Lipinski definition) is 4. The van der Waals surface area contributed by atoms with Crippen molar-refractivity contribution in [1.29, 1.82) is 5.41 Å². The number of hydrogen-bond acceptors (Lipinski definition) is 5. The molecule has 10 heteroatoms. The number of nitrogen functional groups attached to an aromatic ring is 1. The number of aliphatic carboxylic acids is 1. The number of rotatable bonds is 10. The van der Waals surface area contributed by atoms with Gasteiger partial charge in [-0.2, -0.15) is 0 Å². The molecule has 1 amide bonds. The van der Waals surface area contributed by atoms with Crippen molar-refractivity contribution < 1.29 is 33.0 Å². The Morgan fingerprint density at radius 3 is 2.39 bits per heavy atom. The number of carboxylic acid groups (broad SMARTS) is 1. The van der Waals surface area contributed by atoms with Crippen LogP contribution < -0.4 is 11.1 Å². The van der Waals surface area contributed by atoms with Gasteiger partial charge in [0.2, 0.25) is 0 Å². The standard InChI is InChI=1S/C21H21F2N3O5/c1-2-31-18(16-14(22)8-7-13(10-27)17(16)23)20(28)26-15(21(29)30)9-11-3-5-12(6-4-11)19(24)25/h3-8,10,15,18H,2,9H2,1H3,(H3,24,25)(H,26,28)(H,29,30).